The van der Waals surface area contributed by atoms with Crippen LogP contribution in [0.3, 0.4) is 0 Å². The van der Waals surface area contributed by atoms with E-state index in [1.54, 1.807) is 24.3 Å². The van der Waals surface area contributed by atoms with E-state index in [0.717, 1.165) is 6.07 Å². The molecule has 0 saturated heterocycles. The van der Waals surface area contributed by atoms with Crippen molar-refractivity contribution in [2.75, 3.05) is 4.72 Å². The maximum atomic E-state index is 12.5. The lowest BCUT2D eigenvalue weighted by molar-refractivity contribution is -0.385. The van der Waals surface area contributed by atoms with Crippen LogP contribution in [0.25, 0.3) is 10.9 Å². The van der Waals surface area contributed by atoms with Crippen LogP contribution < -0.4 is 4.72 Å². The number of benzene rings is 2. The molecule has 10 heteroatoms. The summed E-state index contributed by atoms with van der Waals surface area (Å²) >= 11 is 5.93. The molecule has 0 atom stereocenters. The van der Waals surface area contributed by atoms with Gasteiger partial charge in [-0.05, 0) is 25.1 Å². The first kappa shape index (κ1) is 16.2. The summed E-state index contributed by atoms with van der Waals surface area (Å²) in [4.78, 5) is 10.1. The summed E-state index contributed by atoms with van der Waals surface area (Å²) in [6.45, 7) is 1.45. The third-order valence-electron chi connectivity index (χ3n) is 3.50. The second-order valence-electron chi connectivity index (χ2n) is 5.03. The number of rotatable bonds is 4. The van der Waals surface area contributed by atoms with Gasteiger partial charge in [0.05, 0.1) is 20.4 Å². The van der Waals surface area contributed by atoms with Gasteiger partial charge in [0.2, 0.25) is 0 Å². The molecule has 0 fully saturated rings. The predicted molar refractivity (Wildman–Crippen MR) is 89.7 cm³/mol. The summed E-state index contributed by atoms with van der Waals surface area (Å²) in [5.41, 5.74) is 0.490. The number of nitrogens with one attached hydrogen (secondary N) is 2. The number of aromatic nitrogens is 2. The molecule has 0 bridgehead atoms. The number of nitro groups is 1. The van der Waals surface area contributed by atoms with E-state index in [0.29, 0.717) is 10.9 Å². The number of para-hydroxylation sites is 1. The molecule has 0 amide bonds. The van der Waals surface area contributed by atoms with Crippen LogP contribution in [-0.2, 0) is 10.0 Å². The molecule has 0 spiro atoms. The lowest BCUT2D eigenvalue weighted by Crippen LogP contribution is -2.14. The van der Waals surface area contributed by atoms with E-state index in [4.69, 9.17) is 11.6 Å². The lowest BCUT2D eigenvalue weighted by Gasteiger charge is -2.08. The van der Waals surface area contributed by atoms with E-state index >= 15 is 0 Å². The highest BCUT2D eigenvalue weighted by Gasteiger charge is 2.23. The molecule has 3 rings (SSSR count). The van der Waals surface area contributed by atoms with E-state index in [1.165, 1.54) is 13.0 Å². The number of sulfonamides is 1. The average Bonchev–Trinajstić information content (AvgIpc) is 2.92. The van der Waals surface area contributed by atoms with Crippen molar-refractivity contribution in [2.45, 2.75) is 11.8 Å². The number of anilines is 1. The fourth-order valence-corrected chi connectivity index (χ4v) is 3.56. The van der Waals surface area contributed by atoms with Crippen molar-refractivity contribution in [3.63, 3.8) is 0 Å². The van der Waals surface area contributed by atoms with Gasteiger partial charge in [0, 0.05) is 17.0 Å². The molecule has 124 valence electrons. The third kappa shape index (κ3) is 2.79. The van der Waals surface area contributed by atoms with E-state index in [-0.39, 0.29) is 27.0 Å². The second kappa shape index (κ2) is 5.77. The highest BCUT2D eigenvalue weighted by molar-refractivity contribution is 7.92. The second-order valence-corrected chi connectivity index (χ2v) is 7.12. The normalized spacial score (nSPS) is 11.6. The zero-order chi connectivity index (χ0) is 17.5. The Kier molecular flexibility index (Phi) is 3.90. The van der Waals surface area contributed by atoms with Gasteiger partial charge in [-0.15, -0.1) is 0 Å². The topological polar surface area (TPSA) is 118 Å². The fourth-order valence-electron chi connectivity index (χ4n) is 2.21. The zero-order valence-corrected chi connectivity index (χ0v) is 13.9. The standard InChI is InChI=1S/C14H11ClN4O4S/c1-8-11(15)6-9(7-13(8)19(20)21)24(22,23)18-14-10-4-2-3-5-12(10)16-17-14/h2-7H,1H3,(H2,16,17,18). The summed E-state index contributed by atoms with van der Waals surface area (Å²) < 4.78 is 27.4. The van der Waals surface area contributed by atoms with E-state index in [1.807, 2.05) is 0 Å². The van der Waals surface area contributed by atoms with Gasteiger partial charge in [-0.2, -0.15) is 5.10 Å². The molecule has 0 saturated carbocycles. The van der Waals surface area contributed by atoms with E-state index in [2.05, 4.69) is 14.9 Å². The molecule has 1 aromatic heterocycles. The van der Waals surface area contributed by atoms with Crippen LogP contribution in [0.5, 0.6) is 0 Å². The number of halogens is 1. The maximum Gasteiger partial charge on any atom is 0.275 e. The Balaban J connectivity index is 2.07. The molecule has 0 aliphatic rings. The molecule has 2 aromatic carbocycles. The third-order valence-corrected chi connectivity index (χ3v) is 5.21. The summed E-state index contributed by atoms with van der Waals surface area (Å²) in [7, 11) is -4.09. The lowest BCUT2D eigenvalue weighted by atomic mass is 10.2. The molecular weight excluding hydrogens is 356 g/mol. The van der Waals surface area contributed by atoms with Crippen molar-refractivity contribution >= 4 is 44.0 Å². The molecule has 24 heavy (non-hydrogen) atoms. The molecule has 1 heterocycles. The van der Waals surface area contributed by atoms with E-state index < -0.39 is 14.9 Å². The number of H-pyrrole nitrogens is 1. The Hall–Kier alpha value is -2.65. The van der Waals surface area contributed by atoms with Gasteiger partial charge in [0.15, 0.2) is 5.82 Å². The molecule has 2 N–H and O–H groups in total. The molecule has 0 aliphatic heterocycles. The summed E-state index contributed by atoms with van der Waals surface area (Å²) in [5.74, 6) is 0.102. The average molecular weight is 367 g/mol. The Labute approximate surface area is 141 Å². The zero-order valence-electron chi connectivity index (χ0n) is 12.3. The first-order chi connectivity index (χ1) is 11.3. The molecule has 0 unspecified atom stereocenters. The molecule has 0 radical (unpaired) electrons. The Morgan fingerprint density at radius 2 is 2.00 bits per heavy atom. The van der Waals surface area contributed by atoms with Gasteiger partial charge < -0.3 is 0 Å². The number of hydrogen-bond donors (Lipinski definition) is 2. The Bertz CT molecular complexity index is 1060. The highest BCUT2D eigenvalue weighted by Crippen LogP contribution is 2.31. The van der Waals surface area contributed by atoms with Crippen molar-refractivity contribution in [3.05, 3.63) is 57.1 Å². The van der Waals surface area contributed by atoms with Crippen LogP contribution in [0.1, 0.15) is 5.56 Å². The minimum absolute atomic E-state index is 0.00328. The Morgan fingerprint density at radius 3 is 2.71 bits per heavy atom. The maximum absolute atomic E-state index is 12.5. The van der Waals surface area contributed by atoms with E-state index in [9.17, 15) is 18.5 Å². The summed E-state index contributed by atoms with van der Waals surface area (Å²) in [6.07, 6.45) is 0. The molecule has 0 aliphatic carbocycles. The van der Waals surface area contributed by atoms with Gasteiger partial charge in [-0.3, -0.25) is 19.9 Å². The van der Waals surface area contributed by atoms with Crippen LogP contribution in [0.2, 0.25) is 5.02 Å². The summed E-state index contributed by atoms with van der Waals surface area (Å²) in [6, 6.07) is 9.10. The van der Waals surface area contributed by atoms with Crippen LogP contribution in [0.15, 0.2) is 41.3 Å². The number of nitro benzene ring substituents is 1. The first-order valence-electron chi connectivity index (χ1n) is 6.70. The van der Waals surface area contributed by atoms with Crippen molar-refractivity contribution in [1.29, 1.82) is 0 Å². The number of fused-ring (bicyclic) bond motifs is 1. The minimum atomic E-state index is -4.09. The van der Waals surface area contributed by atoms with Crippen molar-refractivity contribution in [1.82, 2.24) is 10.2 Å². The molecular formula is C14H11ClN4O4S. The quantitative estimate of drug-likeness (QED) is 0.542. The van der Waals surface area contributed by atoms with Gasteiger partial charge in [-0.1, -0.05) is 23.7 Å². The van der Waals surface area contributed by atoms with Crippen molar-refractivity contribution in [3.8, 4) is 0 Å². The smallest absolute Gasteiger partial charge is 0.275 e. The van der Waals surface area contributed by atoms with Crippen LogP contribution in [-0.4, -0.2) is 23.5 Å². The summed E-state index contributed by atoms with van der Waals surface area (Å²) in [5, 5.41) is 18.3. The monoisotopic (exact) mass is 366 g/mol. The largest absolute Gasteiger partial charge is 0.276 e. The predicted octanol–water partition coefficient (Wildman–Crippen LogP) is 3.23. The van der Waals surface area contributed by atoms with Crippen molar-refractivity contribution in [2.24, 2.45) is 0 Å². The number of nitrogens with zero attached hydrogens (tertiary/aromatic N) is 2. The fraction of sp³-hybridized carbons (Fsp3) is 0.0714. The first-order valence-corrected chi connectivity index (χ1v) is 8.56. The molecule has 3 aromatic rings. The number of hydrogen-bond acceptors (Lipinski definition) is 5. The van der Waals surface area contributed by atoms with Crippen molar-refractivity contribution < 1.29 is 13.3 Å². The van der Waals surface area contributed by atoms with Gasteiger partial charge in [-0.25, -0.2) is 8.42 Å². The van der Waals surface area contributed by atoms with Crippen LogP contribution >= 0.6 is 11.6 Å². The SMILES string of the molecule is Cc1c(Cl)cc(S(=O)(=O)Nc2n[nH]c3ccccc23)cc1[N+](=O)[O-]. The van der Waals surface area contributed by atoms with Gasteiger partial charge >= 0.3 is 0 Å². The molecule has 8 nitrogen and oxygen atoms in total. The van der Waals surface area contributed by atoms with Gasteiger partial charge in [0.25, 0.3) is 15.7 Å². The minimum Gasteiger partial charge on any atom is -0.276 e. The van der Waals surface area contributed by atoms with Crippen LogP contribution in [0.4, 0.5) is 11.5 Å². The van der Waals surface area contributed by atoms with Gasteiger partial charge in [0.1, 0.15) is 0 Å². The highest BCUT2D eigenvalue weighted by atomic mass is 35.5. The number of aromatic amines is 1. The van der Waals surface area contributed by atoms with Crippen LogP contribution in [0, 0.1) is 17.0 Å². The Morgan fingerprint density at radius 1 is 1.29 bits per heavy atom.